The molecule has 0 atom stereocenters. The van der Waals surface area contributed by atoms with E-state index in [1.165, 1.54) is 0 Å². The van der Waals surface area contributed by atoms with E-state index in [4.69, 9.17) is 14.6 Å². The van der Waals surface area contributed by atoms with Gasteiger partial charge < -0.3 is 14.4 Å². The Morgan fingerprint density at radius 1 is 0.865 bits per heavy atom. The summed E-state index contributed by atoms with van der Waals surface area (Å²) in [6.07, 6.45) is 1.87. The van der Waals surface area contributed by atoms with Crippen LogP contribution < -0.4 is 9.47 Å². The molecule has 1 saturated heterocycles. The molecule has 0 spiro atoms. The normalized spacial score (nSPS) is 13.9. The summed E-state index contributed by atoms with van der Waals surface area (Å²) in [7, 11) is 1.65. The number of hydrogen-bond acceptors (Lipinski definition) is 5. The van der Waals surface area contributed by atoms with E-state index < -0.39 is 0 Å². The van der Waals surface area contributed by atoms with Gasteiger partial charge in [0.25, 0.3) is 5.91 Å². The molecule has 190 valence electrons. The van der Waals surface area contributed by atoms with Gasteiger partial charge in [0.1, 0.15) is 23.8 Å². The zero-order valence-corrected chi connectivity index (χ0v) is 21.3. The molecular formula is C30H32N4O3. The van der Waals surface area contributed by atoms with Crippen LogP contribution in [0.3, 0.4) is 0 Å². The van der Waals surface area contributed by atoms with Gasteiger partial charge in [0.2, 0.25) is 0 Å². The Hall–Kier alpha value is -4.10. The van der Waals surface area contributed by atoms with Crippen molar-refractivity contribution in [2.45, 2.75) is 6.92 Å². The van der Waals surface area contributed by atoms with Crippen molar-refractivity contribution in [1.82, 2.24) is 19.6 Å². The van der Waals surface area contributed by atoms with Crippen molar-refractivity contribution in [3.8, 4) is 28.4 Å². The molecule has 3 aromatic carbocycles. The summed E-state index contributed by atoms with van der Waals surface area (Å²) in [5, 5.41) is 4.86. The zero-order valence-electron chi connectivity index (χ0n) is 21.3. The maximum absolute atomic E-state index is 13.7. The van der Waals surface area contributed by atoms with Crippen molar-refractivity contribution in [1.29, 1.82) is 0 Å². The molecule has 0 bridgehead atoms. The fourth-order valence-corrected chi connectivity index (χ4v) is 4.59. The lowest BCUT2D eigenvalue weighted by Gasteiger charge is -2.34. The van der Waals surface area contributed by atoms with Crippen molar-refractivity contribution >= 4 is 5.91 Å². The number of carbonyl (C=O) groups excluding carboxylic acids is 1. The number of hydrogen-bond donors (Lipinski definition) is 0. The third-order valence-electron chi connectivity index (χ3n) is 6.76. The highest BCUT2D eigenvalue weighted by Gasteiger charge is 2.27. The molecule has 5 rings (SSSR count). The lowest BCUT2D eigenvalue weighted by molar-refractivity contribution is 0.0621. The summed E-state index contributed by atoms with van der Waals surface area (Å²) in [4.78, 5) is 18.0. The molecule has 4 aromatic rings. The summed E-state index contributed by atoms with van der Waals surface area (Å²) >= 11 is 0. The number of piperazine rings is 1. The van der Waals surface area contributed by atoms with Crippen molar-refractivity contribution in [3.05, 3.63) is 96.2 Å². The topological polar surface area (TPSA) is 59.8 Å². The van der Waals surface area contributed by atoms with Crippen LogP contribution in [0, 0.1) is 6.92 Å². The minimum Gasteiger partial charge on any atom is -0.497 e. The predicted octanol–water partition coefficient (Wildman–Crippen LogP) is 4.69. The second-order valence-electron chi connectivity index (χ2n) is 9.14. The van der Waals surface area contributed by atoms with Crippen LogP contribution in [0.4, 0.5) is 0 Å². The van der Waals surface area contributed by atoms with Gasteiger partial charge in [0.05, 0.1) is 18.4 Å². The van der Waals surface area contributed by atoms with E-state index in [1.54, 1.807) is 7.11 Å². The average molecular weight is 497 g/mol. The number of nitrogens with zero attached hydrogens (tertiary/aromatic N) is 4. The van der Waals surface area contributed by atoms with Crippen LogP contribution in [0.2, 0.25) is 0 Å². The van der Waals surface area contributed by atoms with Crippen LogP contribution >= 0.6 is 0 Å². The Morgan fingerprint density at radius 3 is 2.24 bits per heavy atom. The molecule has 2 heterocycles. The van der Waals surface area contributed by atoms with Crippen LogP contribution in [0.5, 0.6) is 11.5 Å². The number of aryl methyl sites for hydroxylation is 1. The highest BCUT2D eigenvalue weighted by atomic mass is 16.5. The van der Waals surface area contributed by atoms with Crippen LogP contribution in [-0.4, -0.2) is 71.9 Å². The Labute approximate surface area is 217 Å². The maximum Gasteiger partial charge on any atom is 0.257 e. The third-order valence-corrected chi connectivity index (χ3v) is 6.76. The smallest absolute Gasteiger partial charge is 0.257 e. The van der Waals surface area contributed by atoms with Crippen molar-refractivity contribution in [2.75, 3.05) is 46.4 Å². The minimum atomic E-state index is 0.0227. The fourth-order valence-electron chi connectivity index (χ4n) is 4.59. The molecule has 1 amide bonds. The predicted molar refractivity (Wildman–Crippen MR) is 145 cm³/mol. The molecule has 7 heteroatoms. The molecule has 1 aliphatic heterocycles. The van der Waals surface area contributed by atoms with E-state index in [9.17, 15) is 4.79 Å². The largest absolute Gasteiger partial charge is 0.497 e. The number of ether oxygens (including phenoxy) is 2. The molecule has 1 fully saturated rings. The van der Waals surface area contributed by atoms with Crippen molar-refractivity contribution in [3.63, 3.8) is 0 Å². The monoisotopic (exact) mass is 496 g/mol. The molecule has 0 N–H and O–H groups in total. The number of methoxy groups -OCH3 is 1. The van der Waals surface area contributed by atoms with Crippen molar-refractivity contribution < 1.29 is 14.3 Å². The van der Waals surface area contributed by atoms with Crippen LogP contribution in [0.25, 0.3) is 16.9 Å². The number of aromatic nitrogens is 2. The first kappa shape index (κ1) is 24.6. The van der Waals surface area contributed by atoms with Gasteiger partial charge in [0.15, 0.2) is 0 Å². The zero-order chi connectivity index (χ0) is 25.6. The molecule has 1 aliphatic rings. The van der Waals surface area contributed by atoms with E-state index in [0.717, 1.165) is 53.6 Å². The lowest BCUT2D eigenvalue weighted by atomic mass is 10.0. The van der Waals surface area contributed by atoms with Crippen molar-refractivity contribution in [2.24, 2.45) is 0 Å². The number of benzene rings is 3. The molecule has 0 unspecified atom stereocenters. The van der Waals surface area contributed by atoms with Crippen LogP contribution in [0.1, 0.15) is 15.9 Å². The van der Waals surface area contributed by atoms with Gasteiger partial charge in [-0.3, -0.25) is 9.69 Å². The Kier molecular flexibility index (Phi) is 7.51. The first-order valence-electron chi connectivity index (χ1n) is 12.6. The quantitative estimate of drug-likeness (QED) is 0.354. The van der Waals surface area contributed by atoms with Crippen LogP contribution in [0.15, 0.2) is 85.1 Å². The number of amides is 1. The summed E-state index contributed by atoms with van der Waals surface area (Å²) in [6.45, 7) is 6.43. The highest BCUT2D eigenvalue weighted by molar-refractivity contribution is 6.00. The number of rotatable bonds is 8. The van der Waals surface area contributed by atoms with Gasteiger partial charge in [-0.15, -0.1) is 0 Å². The fraction of sp³-hybridized carbons (Fsp3) is 0.267. The highest BCUT2D eigenvalue weighted by Crippen LogP contribution is 2.28. The Morgan fingerprint density at radius 2 is 1.54 bits per heavy atom. The Bertz CT molecular complexity index is 1330. The van der Waals surface area contributed by atoms with Gasteiger partial charge in [-0.1, -0.05) is 42.5 Å². The summed E-state index contributed by atoms with van der Waals surface area (Å²) < 4.78 is 12.9. The maximum atomic E-state index is 13.7. The standard InChI is InChI=1S/C30H32N4O3/c1-23-8-6-7-11-27(23)29-28(22-34(31-29)24-9-4-3-5-10-24)30(35)33-18-16-32(17-19-33)20-21-37-26-14-12-25(36-2)13-15-26/h3-15,22H,16-21H2,1-2H3. The van der Waals surface area contributed by atoms with Gasteiger partial charge in [-0.25, -0.2) is 4.68 Å². The van der Waals surface area contributed by atoms with Gasteiger partial charge in [-0.2, -0.15) is 5.10 Å². The molecular weight excluding hydrogens is 464 g/mol. The SMILES string of the molecule is COc1ccc(OCCN2CCN(C(=O)c3cn(-c4ccccc4)nc3-c3ccccc3C)CC2)cc1. The summed E-state index contributed by atoms with van der Waals surface area (Å²) in [5.74, 6) is 1.66. The van der Waals surface area contributed by atoms with E-state index in [2.05, 4.69) is 17.9 Å². The lowest BCUT2D eigenvalue weighted by Crippen LogP contribution is -2.49. The second kappa shape index (κ2) is 11.3. The molecule has 1 aromatic heterocycles. The third kappa shape index (κ3) is 5.67. The van der Waals surface area contributed by atoms with Gasteiger partial charge in [0, 0.05) is 44.5 Å². The average Bonchev–Trinajstić information content (AvgIpc) is 3.39. The number of carbonyl (C=O) groups is 1. The molecule has 0 saturated carbocycles. The minimum absolute atomic E-state index is 0.0227. The van der Waals surface area contributed by atoms with E-state index in [0.29, 0.717) is 25.3 Å². The summed E-state index contributed by atoms with van der Waals surface area (Å²) in [6, 6.07) is 25.6. The Balaban J connectivity index is 1.25. The second-order valence-corrected chi connectivity index (χ2v) is 9.14. The van der Waals surface area contributed by atoms with Gasteiger partial charge in [-0.05, 0) is 48.9 Å². The van der Waals surface area contributed by atoms with E-state index in [1.807, 2.05) is 88.6 Å². The van der Waals surface area contributed by atoms with E-state index >= 15 is 0 Å². The summed E-state index contributed by atoms with van der Waals surface area (Å²) in [5.41, 5.74) is 4.36. The molecule has 37 heavy (non-hydrogen) atoms. The van der Waals surface area contributed by atoms with E-state index in [-0.39, 0.29) is 5.91 Å². The van der Waals surface area contributed by atoms with Crippen LogP contribution in [-0.2, 0) is 0 Å². The van der Waals surface area contributed by atoms with Gasteiger partial charge >= 0.3 is 0 Å². The first-order valence-corrected chi connectivity index (χ1v) is 12.6. The molecule has 0 radical (unpaired) electrons. The molecule has 0 aliphatic carbocycles. The molecule has 7 nitrogen and oxygen atoms in total. The number of para-hydroxylation sites is 1. The first-order chi connectivity index (χ1) is 18.1.